The minimum absolute atomic E-state index is 0. The van der Waals surface area contributed by atoms with Crippen LogP contribution in [0.15, 0.2) is 6.07 Å². The van der Waals surface area contributed by atoms with Crippen molar-refractivity contribution in [1.82, 2.24) is 0 Å². The van der Waals surface area contributed by atoms with Gasteiger partial charge in [0.05, 0.1) is 0 Å². The van der Waals surface area contributed by atoms with E-state index in [4.69, 9.17) is 5.11 Å². The molecule has 0 spiro atoms. The number of unbranched alkanes of at least 4 members (excludes halogenated alkanes) is 5. The van der Waals surface area contributed by atoms with Crippen LogP contribution in [0.25, 0.3) is 0 Å². The van der Waals surface area contributed by atoms with E-state index >= 15 is 0 Å². The minimum Gasteiger partial charge on any atom is -0.731 e. The zero-order valence-corrected chi connectivity index (χ0v) is 22.5. The molecule has 0 radical (unpaired) electrons. The van der Waals surface area contributed by atoms with Crippen LogP contribution in [0, 0.1) is 55.4 Å². The van der Waals surface area contributed by atoms with E-state index in [1.165, 1.54) is 33.4 Å². The molecule has 0 saturated heterocycles. The molecule has 0 amide bonds. The predicted molar refractivity (Wildman–Crippen MR) is 131 cm³/mol. The van der Waals surface area contributed by atoms with E-state index in [9.17, 15) is 9.59 Å². The Labute approximate surface area is 206 Å². The number of ketones is 1. The van der Waals surface area contributed by atoms with Crippen LogP contribution in [0.4, 0.5) is 0 Å². The summed E-state index contributed by atoms with van der Waals surface area (Å²) < 4.78 is 0. The quantitative estimate of drug-likeness (QED) is 0.164. The number of carboxylic acids is 1. The molecule has 0 bridgehead atoms. The number of rotatable bonds is 10. The van der Waals surface area contributed by atoms with Crippen LogP contribution >= 0.6 is 0 Å². The molecule has 0 aliphatic heterocycles. The number of carboxylic acid groups (broad SMARTS) is 1. The second-order valence-electron chi connectivity index (χ2n) is 9.07. The van der Waals surface area contributed by atoms with Gasteiger partial charge >= 0.3 is 5.97 Å². The maximum atomic E-state index is 12.4. The summed E-state index contributed by atoms with van der Waals surface area (Å²) in [4.78, 5) is 22.8. The molecule has 2 aromatic rings. The van der Waals surface area contributed by atoms with Crippen molar-refractivity contribution < 1.29 is 31.8 Å². The van der Waals surface area contributed by atoms with E-state index in [0.29, 0.717) is 6.42 Å². The van der Waals surface area contributed by atoms with Crippen molar-refractivity contribution in [3.63, 3.8) is 0 Å². The van der Waals surface area contributed by atoms with Gasteiger partial charge in [0.15, 0.2) is 0 Å². The maximum Gasteiger partial charge on any atom is 0.303 e. The molecule has 0 fully saturated rings. The van der Waals surface area contributed by atoms with Gasteiger partial charge in [-0.1, -0.05) is 59.2 Å². The van der Waals surface area contributed by atoms with Gasteiger partial charge in [-0.05, 0) is 19.3 Å². The summed E-state index contributed by atoms with van der Waals surface area (Å²) in [5.41, 5.74) is 11.5. The van der Waals surface area contributed by atoms with Gasteiger partial charge in [-0.3, -0.25) is 4.79 Å². The summed E-state index contributed by atoms with van der Waals surface area (Å²) in [6, 6.07) is 2.24. The number of hydrogen-bond acceptors (Lipinski definition) is 2. The molecular formula is C28H42FeO3-6. The van der Waals surface area contributed by atoms with Crippen LogP contribution in [-0.2, 0) is 21.9 Å². The van der Waals surface area contributed by atoms with Gasteiger partial charge < -0.3 is 37.7 Å². The summed E-state index contributed by atoms with van der Waals surface area (Å²) in [6.07, 6.45) is 6.76. The molecule has 186 valence electrons. The van der Waals surface area contributed by atoms with Gasteiger partial charge in [-0.15, -0.1) is 0 Å². The van der Waals surface area contributed by atoms with Gasteiger partial charge in [0.1, 0.15) is 0 Å². The van der Waals surface area contributed by atoms with Crippen LogP contribution in [-0.4, -0.2) is 16.9 Å². The Balaban J connectivity index is 0.000000803. The van der Waals surface area contributed by atoms with Gasteiger partial charge in [0.25, 0.3) is 0 Å². The summed E-state index contributed by atoms with van der Waals surface area (Å²) in [6.45, 7) is 17.0. The molecule has 0 heterocycles. The molecule has 0 unspecified atom stereocenters. The van der Waals surface area contributed by atoms with Crippen LogP contribution in [0.1, 0.15) is 106 Å². The van der Waals surface area contributed by atoms with E-state index in [0.717, 1.165) is 55.2 Å². The zero-order valence-electron chi connectivity index (χ0n) is 21.4. The van der Waals surface area contributed by atoms with Crippen molar-refractivity contribution in [2.24, 2.45) is 0 Å². The summed E-state index contributed by atoms with van der Waals surface area (Å²) in [7, 11) is 0. The monoisotopic (exact) mass is 482 g/mol. The third kappa shape index (κ3) is 8.71. The molecule has 2 aromatic carbocycles. The van der Waals surface area contributed by atoms with E-state index in [1.54, 1.807) is 0 Å². The Bertz CT molecular complexity index is 835. The van der Waals surface area contributed by atoms with Crippen molar-refractivity contribution >= 4 is 11.8 Å². The number of aliphatic carboxylic acids is 1. The second kappa shape index (κ2) is 14.5. The summed E-state index contributed by atoms with van der Waals surface area (Å²) in [5, 5.41) is 8.55. The average molecular weight is 482 g/mol. The standard InChI is InChI=1S/C19H29O3.C9H13.Fe/c1-13-14(2)16(4)19(15(13)3)17(20)11-9-7-5-6-8-10-12-18(21)22;1-6-5-7(2)9(4)8(6)3;/h5-12H2,1-4H3,(H,21,22);5H,1-4H3;/q-5;-1;. The first kappa shape index (κ1) is 30.4. The molecule has 32 heavy (non-hydrogen) atoms. The molecule has 0 saturated carbocycles. The van der Waals surface area contributed by atoms with Crippen molar-refractivity contribution in [2.45, 2.75) is 107 Å². The first-order valence-corrected chi connectivity index (χ1v) is 11.7. The number of aryl methyl sites for hydroxylation is 2. The molecule has 0 aliphatic carbocycles. The Morgan fingerprint density at radius 1 is 0.750 bits per heavy atom. The third-order valence-corrected chi connectivity index (χ3v) is 6.94. The second-order valence-corrected chi connectivity index (χ2v) is 9.07. The maximum absolute atomic E-state index is 12.4. The number of carbonyl (C=O) groups is 2. The van der Waals surface area contributed by atoms with Crippen molar-refractivity contribution in [1.29, 1.82) is 0 Å². The van der Waals surface area contributed by atoms with Gasteiger partial charge in [-0.2, -0.15) is 28.3 Å². The number of hydrogen-bond donors (Lipinski definition) is 1. The van der Waals surface area contributed by atoms with Crippen molar-refractivity contribution in [3.05, 3.63) is 56.1 Å². The first-order chi connectivity index (χ1) is 14.5. The molecule has 0 aliphatic rings. The molecule has 0 aromatic heterocycles. The third-order valence-electron chi connectivity index (χ3n) is 6.94. The Morgan fingerprint density at radius 2 is 1.19 bits per heavy atom. The summed E-state index contributed by atoms with van der Waals surface area (Å²) in [5.74, 6) is -0.436. The zero-order chi connectivity index (χ0) is 23.7. The predicted octanol–water partition coefficient (Wildman–Crippen LogP) is 7.66. The largest absolute Gasteiger partial charge is 0.731 e. The first-order valence-electron chi connectivity index (χ1n) is 11.7. The minimum atomic E-state index is -0.711. The van der Waals surface area contributed by atoms with E-state index in [2.05, 4.69) is 47.6 Å². The molecular weight excluding hydrogens is 440 g/mol. The van der Waals surface area contributed by atoms with E-state index < -0.39 is 5.97 Å². The fraction of sp³-hybridized carbons (Fsp3) is 0.571. The van der Waals surface area contributed by atoms with Gasteiger partial charge in [-0.25, -0.2) is 27.7 Å². The summed E-state index contributed by atoms with van der Waals surface area (Å²) >= 11 is 0. The Morgan fingerprint density at radius 3 is 1.53 bits per heavy atom. The molecule has 1 N–H and O–H groups in total. The number of Topliss-reactive ketones (excluding diaryl/α,β-unsaturated/α-hetero) is 1. The van der Waals surface area contributed by atoms with Crippen LogP contribution in [0.2, 0.25) is 0 Å². The van der Waals surface area contributed by atoms with Crippen molar-refractivity contribution in [2.75, 3.05) is 0 Å². The molecule has 0 atom stereocenters. The van der Waals surface area contributed by atoms with Gasteiger partial charge in [0, 0.05) is 23.5 Å². The number of carbonyl (C=O) groups excluding carboxylic acids is 1. The van der Waals surface area contributed by atoms with Crippen LogP contribution < -0.4 is 0 Å². The fourth-order valence-corrected chi connectivity index (χ4v) is 4.16. The fourth-order valence-electron chi connectivity index (χ4n) is 4.16. The SMILES string of the molecule is C[c-]1[c-](C)[c-](C)[c-](C(=O)CCCCCCCCC(=O)O)[c-]1C.Cc1c[c-](C)c(C)c1C.[Fe]. The van der Waals surface area contributed by atoms with Crippen LogP contribution in [0.3, 0.4) is 0 Å². The van der Waals surface area contributed by atoms with E-state index in [1.807, 2.05) is 13.8 Å². The smallest absolute Gasteiger partial charge is 0.303 e. The van der Waals surface area contributed by atoms with Crippen LogP contribution in [0.5, 0.6) is 0 Å². The van der Waals surface area contributed by atoms with Crippen molar-refractivity contribution in [3.8, 4) is 0 Å². The topological polar surface area (TPSA) is 54.4 Å². The Kier molecular flexibility index (Phi) is 13.8. The van der Waals surface area contributed by atoms with E-state index in [-0.39, 0.29) is 29.3 Å². The normalized spacial score (nSPS) is 10.4. The Hall–Kier alpha value is -1.64. The average Bonchev–Trinajstić information content (AvgIpc) is 3.05. The molecule has 3 nitrogen and oxygen atoms in total. The molecule has 4 heteroatoms. The van der Waals surface area contributed by atoms with Gasteiger partial charge in [0.2, 0.25) is 0 Å². The molecule has 2 rings (SSSR count).